The average Bonchev–Trinajstić information content (AvgIpc) is 3.47. The third-order valence-electron chi connectivity index (χ3n) is 5.43. The largest absolute Gasteiger partial charge is 0.376 e. The molecule has 1 aromatic carbocycles. The number of hydrogen-bond donors (Lipinski definition) is 2. The molecular weight excluding hydrogens is 400 g/mol. The van der Waals surface area contributed by atoms with Gasteiger partial charge in [0, 0.05) is 36.6 Å². The van der Waals surface area contributed by atoms with Crippen LogP contribution in [0, 0.1) is 0 Å². The predicted octanol–water partition coefficient (Wildman–Crippen LogP) is 2.89. The van der Waals surface area contributed by atoms with E-state index < -0.39 is 0 Å². The van der Waals surface area contributed by atoms with Crippen LogP contribution in [0.3, 0.4) is 0 Å². The fourth-order valence-corrected chi connectivity index (χ4v) is 4.87. The van der Waals surface area contributed by atoms with Gasteiger partial charge in [-0.3, -0.25) is 9.59 Å². The zero-order valence-electron chi connectivity index (χ0n) is 17.1. The number of ether oxygens (including phenoxy) is 1. The van der Waals surface area contributed by atoms with Crippen LogP contribution in [0.5, 0.6) is 0 Å². The molecule has 0 aliphatic carbocycles. The van der Waals surface area contributed by atoms with Gasteiger partial charge in [0.05, 0.1) is 11.8 Å². The Labute approximate surface area is 180 Å². The Morgan fingerprint density at radius 1 is 1.20 bits per heavy atom. The van der Waals surface area contributed by atoms with Gasteiger partial charge >= 0.3 is 0 Å². The quantitative estimate of drug-likeness (QED) is 0.642. The van der Waals surface area contributed by atoms with Gasteiger partial charge in [0.1, 0.15) is 12.4 Å². The highest BCUT2D eigenvalue weighted by molar-refractivity contribution is 7.98. The van der Waals surface area contributed by atoms with Gasteiger partial charge in [0.15, 0.2) is 0 Å². The Morgan fingerprint density at radius 2 is 2.07 bits per heavy atom. The van der Waals surface area contributed by atoms with Crippen molar-refractivity contribution in [1.29, 1.82) is 0 Å². The molecule has 1 unspecified atom stereocenters. The number of fused-ring (bicyclic) bond motifs is 1. The molecule has 2 N–H and O–H groups in total. The van der Waals surface area contributed by atoms with E-state index in [4.69, 9.17) is 4.74 Å². The van der Waals surface area contributed by atoms with E-state index in [9.17, 15) is 9.59 Å². The zero-order chi connectivity index (χ0) is 20.8. The molecule has 1 fully saturated rings. The van der Waals surface area contributed by atoms with Crippen LogP contribution in [-0.2, 0) is 38.8 Å². The van der Waals surface area contributed by atoms with Gasteiger partial charge in [-0.2, -0.15) is 16.9 Å². The number of amides is 2. The van der Waals surface area contributed by atoms with Crippen molar-refractivity contribution in [3.05, 3.63) is 47.2 Å². The molecule has 160 valence electrons. The molecule has 2 aliphatic rings. The molecule has 0 bridgehead atoms. The molecule has 1 saturated heterocycles. The van der Waals surface area contributed by atoms with Crippen molar-refractivity contribution in [2.24, 2.45) is 0 Å². The van der Waals surface area contributed by atoms with Crippen LogP contribution in [0.15, 0.2) is 30.3 Å². The SMILES string of the molecule is O=C(Cn1nc2c(c1NC(=O)CCCc1ccccc1)CSC2)NCC1CCCO1. The Hall–Kier alpha value is -2.32. The Morgan fingerprint density at radius 3 is 2.87 bits per heavy atom. The maximum atomic E-state index is 12.6. The highest BCUT2D eigenvalue weighted by Gasteiger charge is 2.25. The summed E-state index contributed by atoms with van der Waals surface area (Å²) in [5.41, 5.74) is 3.24. The lowest BCUT2D eigenvalue weighted by atomic mass is 10.1. The molecule has 1 atom stereocenters. The number of rotatable bonds is 9. The van der Waals surface area contributed by atoms with Crippen molar-refractivity contribution in [3.63, 3.8) is 0 Å². The van der Waals surface area contributed by atoms with Gasteiger partial charge in [0.2, 0.25) is 11.8 Å². The van der Waals surface area contributed by atoms with E-state index in [1.165, 1.54) is 5.56 Å². The number of benzene rings is 1. The summed E-state index contributed by atoms with van der Waals surface area (Å²) in [6.45, 7) is 1.39. The van der Waals surface area contributed by atoms with E-state index in [1.54, 1.807) is 16.4 Å². The first-order valence-electron chi connectivity index (χ1n) is 10.6. The molecule has 0 saturated carbocycles. The van der Waals surface area contributed by atoms with Gasteiger partial charge in [-0.15, -0.1) is 0 Å². The number of aromatic nitrogens is 2. The molecular formula is C22H28N4O3S. The van der Waals surface area contributed by atoms with E-state index in [2.05, 4.69) is 27.9 Å². The summed E-state index contributed by atoms with van der Waals surface area (Å²) in [5, 5.41) is 10.5. The molecule has 30 heavy (non-hydrogen) atoms. The van der Waals surface area contributed by atoms with Gasteiger partial charge in [-0.25, -0.2) is 4.68 Å². The predicted molar refractivity (Wildman–Crippen MR) is 117 cm³/mol. The Bertz CT molecular complexity index is 878. The lowest BCUT2D eigenvalue weighted by molar-refractivity contribution is -0.122. The average molecular weight is 429 g/mol. The van der Waals surface area contributed by atoms with Gasteiger partial charge in [-0.05, 0) is 31.2 Å². The van der Waals surface area contributed by atoms with Crippen molar-refractivity contribution in [2.75, 3.05) is 18.5 Å². The molecule has 8 heteroatoms. The molecule has 1 aromatic heterocycles. The zero-order valence-corrected chi connectivity index (χ0v) is 17.9. The van der Waals surface area contributed by atoms with E-state index >= 15 is 0 Å². The summed E-state index contributed by atoms with van der Waals surface area (Å²) in [6.07, 6.45) is 4.22. The van der Waals surface area contributed by atoms with E-state index in [1.807, 2.05) is 18.2 Å². The summed E-state index contributed by atoms with van der Waals surface area (Å²) in [4.78, 5) is 25.0. The van der Waals surface area contributed by atoms with Gasteiger partial charge in [-0.1, -0.05) is 30.3 Å². The number of carbonyl (C=O) groups is 2. The van der Waals surface area contributed by atoms with Gasteiger partial charge in [0.25, 0.3) is 0 Å². The molecule has 0 spiro atoms. The fourth-order valence-electron chi connectivity index (χ4n) is 3.84. The topological polar surface area (TPSA) is 85.2 Å². The van der Waals surface area contributed by atoms with Crippen molar-refractivity contribution in [3.8, 4) is 0 Å². The lowest BCUT2D eigenvalue weighted by Crippen LogP contribution is -2.34. The Kier molecular flexibility index (Phi) is 7.07. The minimum Gasteiger partial charge on any atom is -0.376 e. The van der Waals surface area contributed by atoms with Crippen LogP contribution in [0.1, 0.15) is 42.5 Å². The monoisotopic (exact) mass is 428 g/mol. The van der Waals surface area contributed by atoms with Crippen LogP contribution in [0.4, 0.5) is 5.82 Å². The molecule has 0 radical (unpaired) electrons. The third kappa shape index (κ3) is 5.43. The van der Waals surface area contributed by atoms with E-state index in [-0.39, 0.29) is 24.5 Å². The van der Waals surface area contributed by atoms with Crippen LogP contribution < -0.4 is 10.6 Å². The first kappa shape index (κ1) is 20.9. The normalized spacial score (nSPS) is 17.7. The maximum absolute atomic E-state index is 12.6. The number of nitrogens with one attached hydrogen (secondary N) is 2. The van der Waals surface area contributed by atoms with Crippen LogP contribution in [0.25, 0.3) is 0 Å². The fraction of sp³-hybridized carbons (Fsp3) is 0.500. The summed E-state index contributed by atoms with van der Waals surface area (Å²) in [5.74, 6) is 2.15. The molecule has 3 heterocycles. The first-order valence-corrected chi connectivity index (χ1v) is 11.7. The highest BCUT2D eigenvalue weighted by Crippen LogP contribution is 2.34. The number of thioether (sulfide) groups is 1. The summed E-state index contributed by atoms with van der Waals surface area (Å²) in [7, 11) is 0. The minimum absolute atomic E-state index is 0.0356. The van der Waals surface area contributed by atoms with E-state index in [0.29, 0.717) is 18.8 Å². The van der Waals surface area contributed by atoms with E-state index in [0.717, 1.165) is 55.1 Å². The second-order valence-corrected chi connectivity index (χ2v) is 8.74. The first-order chi connectivity index (χ1) is 14.7. The standard InChI is InChI=1S/C22H28N4O3S/c27-20(10-4-8-16-6-2-1-3-7-16)24-22-18-14-30-15-19(18)25-26(22)13-21(28)23-12-17-9-5-11-29-17/h1-3,6-7,17H,4-5,8-15H2,(H,23,28)(H,24,27). The summed E-state index contributed by atoms with van der Waals surface area (Å²) >= 11 is 1.78. The second kappa shape index (κ2) is 10.1. The number of anilines is 1. The number of hydrogen-bond acceptors (Lipinski definition) is 5. The molecule has 2 amide bonds. The molecule has 2 aliphatic heterocycles. The number of carbonyl (C=O) groups excluding carboxylic acids is 2. The molecule has 4 rings (SSSR count). The maximum Gasteiger partial charge on any atom is 0.241 e. The van der Waals surface area contributed by atoms with Crippen molar-refractivity contribution in [2.45, 2.75) is 56.3 Å². The minimum atomic E-state index is -0.112. The second-order valence-electron chi connectivity index (χ2n) is 7.75. The van der Waals surface area contributed by atoms with Crippen LogP contribution in [0.2, 0.25) is 0 Å². The lowest BCUT2D eigenvalue weighted by Gasteiger charge is -2.13. The highest BCUT2D eigenvalue weighted by atomic mass is 32.2. The Balaban J connectivity index is 1.32. The molecule has 7 nitrogen and oxygen atoms in total. The molecule has 2 aromatic rings. The summed E-state index contributed by atoms with van der Waals surface area (Å²) in [6, 6.07) is 10.2. The van der Waals surface area contributed by atoms with Crippen molar-refractivity contribution >= 4 is 29.4 Å². The number of aryl methyl sites for hydroxylation is 1. The number of nitrogens with zero attached hydrogens (tertiary/aromatic N) is 2. The van der Waals surface area contributed by atoms with Crippen molar-refractivity contribution < 1.29 is 14.3 Å². The van der Waals surface area contributed by atoms with Gasteiger partial charge < -0.3 is 15.4 Å². The van der Waals surface area contributed by atoms with Crippen molar-refractivity contribution in [1.82, 2.24) is 15.1 Å². The smallest absolute Gasteiger partial charge is 0.241 e. The van der Waals surface area contributed by atoms with Crippen LogP contribution in [-0.4, -0.2) is 40.9 Å². The summed E-state index contributed by atoms with van der Waals surface area (Å²) < 4.78 is 7.20. The third-order valence-corrected chi connectivity index (χ3v) is 6.40. The van der Waals surface area contributed by atoms with Crippen LogP contribution >= 0.6 is 11.8 Å².